The average molecular weight is 423 g/mol. The minimum atomic E-state index is -0.413. The maximum atomic E-state index is 11.6. The number of benzene rings is 3. The first kappa shape index (κ1) is 19.6. The molecule has 1 amide bonds. The first-order chi connectivity index (χ1) is 15.7. The molecular weight excluding hydrogens is 402 g/mol. The molecule has 0 radical (unpaired) electrons. The van der Waals surface area contributed by atoms with Gasteiger partial charge in [-0.05, 0) is 35.9 Å². The molecule has 7 nitrogen and oxygen atoms in total. The van der Waals surface area contributed by atoms with Gasteiger partial charge in [0, 0.05) is 34.6 Å². The summed E-state index contributed by atoms with van der Waals surface area (Å²) in [6.07, 6.45) is 2.60. The fourth-order valence-corrected chi connectivity index (χ4v) is 3.75. The van der Waals surface area contributed by atoms with Crippen LogP contribution in [0.3, 0.4) is 0 Å². The summed E-state index contributed by atoms with van der Waals surface area (Å²) in [5.74, 6) is 2.19. The van der Waals surface area contributed by atoms with Crippen LogP contribution in [0.4, 0.5) is 0 Å². The van der Waals surface area contributed by atoms with Crippen LogP contribution in [0.25, 0.3) is 22.3 Å². The SMILES string of the molecule is NC(=O)Cc1c(Oc2cccc(-c3n[nH]c(Cc4ccccc4)n3)c2)ccc2[nH]ccc12. The monoisotopic (exact) mass is 423 g/mol. The van der Waals surface area contributed by atoms with Crippen LogP contribution in [0.2, 0.25) is 0 Å². The summed E-state index contributed by atoms with van der Waals surface area (Å²) in [6, 6.07) is 23.4. The van der Waals surface area contributed by atoms with Crippen LogP contribution in [0.15, 0.2) is 79.0 Å². The summed E-state index contributed by atoms with van der Waals surface area (Å²) in [7, 11) is 0. The summed E-state index contributed by atoms with van der Waals surface area (Å²) in [6.45, 7) is 0. The van der Waals surface area contributed by atoms with Gasteiger partial charge in [0.2, 0.25) is 5.91 Å². The Kier molecular flexibility index (Phi) is 5.13. The lowest BCUT2D eigenvalue weighted by Crippen LogP contribution is -2.14. The lowest BCUT2D eigenvalue weighted by atomic mass is 10.1. The summed E-state index contributed by atoms with van der Waals surface area (Å²) >= 11 is 0. The van der Waals surface area contributed by atoms with Gasteiger partial charge in [-0.15, -0.1) is 0 Å². The molecule has 0 bridgehead atoms. The second-order valence-electron chi connectivity index (χ2n) is 7.52. The molecule has 0 aliphatic carbocycles. The highest BCUT2D eigenvalue weighted by Crippen LogP contribution is 2.33. The Morgan fingerprint density at radius 3 is 2.72 bits per heavy atom. The fourth-order valence-electron chi connectivity index (χ4n) is 3.75. The summed E-state index contributed by atoms with van der Waals surface area (Å²) in [5.41, 5.74) is 9.15. The third-order valence-electron chi connectivity index (χ3n) is 5.22. The van der Waals surface area contributed by atoms with Gasteiger partial charge in [-0.2, -0.15) is 5.10 Å². The highest BCUT2D eigenvalue weighted by molar-refractivity contribution is 5.90. The molecule has 0 spiro atoms. The smallest absolute Gasteiger partial charge is 0.222 e. The molecule has 0 saturated heterocycles. The molecular formula is C25H21N5O2. The Morgan fingerprint density at radius 1 is 1.00 bits per heavy atom. The van der Waals surface area contributed by atoms with Gasteiger partial charge < -0.3 is 15.5 Å². The van der Waals surface area contributed by atoms with Crippen LogP contribution < -0.4 is 10.5 Å². The second-order valence-corrected chi connectivity index (χ2v) is 7.52. The predicted molar refractivity (Wildman–Crippen MR) is 122 cm³/mol. The van der Waals surface area contributed by atoms with Crippen molar-refractivity contribution in [2.24, 2.45) is 5.73 Å². The van der Waals surface area contributed by atoms with E-state index in [1.807, 2.05) is 66.9 Å². The van der Waals surface area contributed by atoms with E-state index < -0.39 is 5.91 Å². The first-order valence-electron chi connectivity index (χ1n) is 10.3. The van der Waals surface area contributed by atoms with E-state index in [0.29, 0.717) is 23.7 Å². The summed E-state index contributed by atoms with van der Waals surface area (Å²) in [5, 5.41) is 8.29. The molecule has 158 valence electrons. The van der Waals surface area contributed by atoms with Crippen LogP contribution in [0, 0.1) is 0 Å². The molecule has 4 N–H and O–H groups in total. The van der Waals surface area contributed by atoms with E-state index in [1.165, 1.54) is 0 Å². The maximum absolute atomic E-state index is 11.6. The van der Waals surface area contributed by atoms with E-state index in [2.05, 4.69) is 32.3 Å². The number of rotatable bonds is 7. The van der Waals surface area contributed by atoms with E-state index >= 15 is 0 Å². The number of fused-ring (bicyclic) bond motifs is 1. The van der Waals surface area contributed by atoms with E-state index in [1.54, 1.807) is 0 Å². The first-order valence-corrected chi connectivity index (χ1v) is 10.3. The summed E-state index contributed by atoms with van der Waals surface area (Å²) < 4.78 is 6.17. The third kappa shape index (κ3) is 4.09. The molecule has 5 aromatic rings. The van der Waals surface area contributed by atoms with Gasteiger partial charge in [-0.1, -0.05) is 42.5 Å². The molecule has 0 saturated carbocycles. The number of aromatic amines is 2. The lowest BCUT2D eigenvalue weighted by molar-refractivity contribution is -0.117. The standard InChI is InChI=1S/C25H21N5O2/c26-23(31)15-20-19-11-12-27-21(19)9-10-22(20)32-18-8-4-7-17(14-18)25-28-24(29-30-25)13-16-5-2-1-3-6-16/h1-12,14,27H,13,15H2,(H2,26,31)(H,28,29,30). The molecule has 5 rings (SSSR count). The third-order valence-corrected chi connectivity index (χ3v) is 5.22. The molecule has 3 aromatic carbocycles. The molecule has 2 heterocycles. The van der Waals surface area contributed by atoms with Crippen molar-refractivity contribution in [2.45, 2.75) is 12.8 Å². The van der Waals surface area contributed by atoms with Crippen molar-refractivity contribution in [1.29, 1.82) is 0 Å². The number of nitrogens with one attached hydrogen (secondary N) is 2. The number of amides is 1. The molecule has 7 heteroatoms. The van der Waals surface area contributed by atoms with Crippen molar-refractivity contribution >= 4 is 16.8 Å². The normalized spacial score (nSPS) is 11.0. The topological polar surface area (TPSA) is 110 Å². The number of ether oxygens (including phenoxy) is 1. The molecule has 0 fully saturated rings. The Bertz CT molecular complexity index is 1390. The van der Waals surface area contributed by atoms with Gasteiger partial charge in [-0.25, -0.2) is 4.98 Å². The van der Waals surface area contributed by atoms with Gasteiger partial charge >= 0.3 is 0 Å². The van der Waals surface area contributed by atoms with Gasteiger partial charge in [0.15, 0.2) is 5.82 Å². The Hall–Kier alpha value is -4.39. The highest BCUT2D eigenvalue weighted by atomic mass is 16.5. The van der Waals surface area contributed by atoms with Crippen molar-refractivity contribution in [3.8, 4) is 22.9 Å². The average Bonchev–Trinajstić information content (AvgIpc) is 3.46. The molecule has 0 aliphatic rings. The Morgan fingerprint density at radius 2 is 1.88 bits per heavy atom. The second kappa shape index (κ2) is 8.39. The van der Waals surface area contributed by atoms with E-state index in [9.17, 15) is 4.79 Å². The van der Waals surface area contributed by atoms with Crippen LogP contribution in [0.1, 0.15) is 17.0 Å². The number of primary amides is 1. The zero-order chi connectivity index (χ0) is 21.9. The minimum absolute atomic E-state index is 0.0913. The van der Waals surface area contributed by atoms with Crippen LogP contribution >= 0.6 is 0 Å². The highest BCUT2D eigenvalue weighted by Gasteiger charge is 2.14. The number of hydrogen-bond acceptors (Lipinski definition) is 4. The summed E-state index contributed by atoms with van der Waals surface area (Å²) in [4.78, 5) is 19.4. The number of nitrogens with two attached hydrogens (primary N) is 1. The van der Waals surface area contributed by atoms with Crippen LogP contribution in [-0.2, 0) is 17.6 Å². The van der Waals surface area contributed by atoms with Crippen LogP contribution in [0.5, 0.6) is 11.5 Å². The lowest BCUT2D eigenvalue weighted by Gasteiger charge is -2.12. The molecule has 0 atom stereocenters. The number of aromatic nitrogens is 4. The molecule has 0 unspecified atom stereocenters. The molecule has 2 aromatic heterocycles. The number of carbonyl (C=O) groups excluding carboxylic acids is 1. The van der Waals surface area contributed by atoms with E-state index in [0.717, 1.165) is 33.4 Å². The number of carbonyl (C=O) groups is 1. The van der Waals surface area contributed by atoms with Crippen molar-refractivity contribution in [3.63, 3.8) is 0 Å². The number of H-pyrrole nitrogens is 2. The minimum Gasteiger partial charge on any atom is -0.457 e. The largest absolute Gasteiger partial charge is 0.457 e. The van der Waals surface area contributed by atoms with Crippen molar-refractivity contribution in [1.82, 2.24) is 20.2 Å². The fraction of sp³-hybridized carbons (Fsp3) is 0.0800. The number of nitrogens with zero attached hydrogens (tertiary/aromatic N) is 2. The van der Waals surface area contributed by atoms with Crippen molar-refractivity contribution in [2.75, 3.05) is 0 Å². The van der Waals surface area contributed by atoms with Gasteiger partial charge in [0.25, 0.3) is 0 Å². The molecule has 0 aliphatic heterocycles. The zero-order valence-electron chi connectivity index (χ0n) is 17.2. The molecule has 32 heavy (non-hydrogen) atoms. The Labute approximate surface area is 184 Å². The van der Waals surface area contributed by atoms with Gasteiger partial charge in [-0.3, -0.25) is 9.89 Å². The Balaban J connectivity index is 1.41. The van der Waals surface area contributed by atoms with Crippen LogP contribution in [-0.4, -0.2) is 26.1 Å². The van der Waals surface area contributed by atoms with E-state index in [4.69, 9.17) is 10.5 Å². The predicted octanol–water partition coefficient (Wildman–Crippen LogP) is 4.36. The van der Waals surface area contributed by atoms with Gasteiger partial charge in [0.05, 0.1) is 6.42 Å². The van der Waals surface area contributed by atoms with Gasteiger partial charge in [0.1, 0.15) is 17.3 Å². The zero-order valence-corrected chi connectivity index (χ0v) is 17.2. The van der Waals surface area contributed by atoms with E-state index in [-0.39, 0.29) is 6.42 Å². The van der Waals surface area contributed by atoms with Crippen molar-refractivity contribution in [3.05, 3.63) is 95.9 Å². The van der Waals surface area contributed by atoms with Crippen molar-refractivity contribution < 1.29 is 9.53 Å². The number of hydrogen-bond donors (Lipinski definition) is 3. The maximum Gasteiger partial charge on any atom is 0.222 e. The quantitative estimate of drug-likeness (QED) is 0.361.